The van der Waals surface area contributed by atoms with Gasteiger partial charge in [0.2, 0.25) is 0 Å². The van der Waals surface area contributed by atoms with Crippen molar-refractivity contribution in [1.82, 2.24) is 0 Å². The molecule has 0 rings (SSSR count). The highest BCUT2D eigenvalue weighted by atomic mass is 19.3. The van der Waals surface area contributed by atoms with E-state index in [2.05, 4.69) is 9.47 Å². The smallest absolute Gasteiger partial charge is 0.477 e. The van der Waals surface area contributed by atoms with E-state index < -0.39 is 30.3 Å². The molecule has 0 heterocycles. The molecule has 88 valence electrons. The first kappa shape index (κ1) is 13.6. The third-order valence-electron chi connectivity index (χ3n) is 1.07. The summed E-state index contributed by atoms with van der Waals surface area (Å²) >= 11 is 0. The lowest BCUT2D eigenvalue weighted by Crippen LogP contribution is -2.36. The fourth-order valence-corrected chi connectivity index (χ4v) is 0.491. The summed E-state index contributed by atoms with van der Waals surface area (Å²) in [6, 6.07) is 0. The van der Waals surface area contributed by atoms with Gasteiger partial charge in [-0.05, 0) is 20.8 Å². The SMILES string of the molecule is CC(C)(C)OC(=O)OCC(F)(F)C(=O)O. The van der Waals surface area contributed by atoms with Gasteiger partial charge in [-0.2, -0.15) is 8.78 Å². The van der Waals surface area contributed by atoms with E-state index in [9.17, 15) is 18.4 Å². The number of carbonyl (C=O) groups excluding carboxylic acids is 1. The zero-order valence-electron chi connectivity index (χ0n) is 8.54. The fraction of sp³-hybridized carbons (Fsp3) is 0.750. The van der Waals surface area contributed by atoms with E-state index in [1.165, 1.54) is 20.8 Å². The summed E-state index contributed by atoms with van der Waals surface area (Å²) in [6.45, 7) is 3.01. The summed E-state index contributed by atoms with van der Waals surface area (Å²) in [7, 11) is 0. The average Bonchev–Trinajstić information content (AvgIpc) is 1.97. The number of hydrogen-bond donors (Lipinski definition) is 1. The standard InChI is InChI=1S/C8H12F2O5/c1-7(2,3)15-6(13)14-4-8(9,10)5(11)12/h4H2,1-3H3,(H,11,12). The molecular formula is C8H12F2O5. The molecule has 1 N–H and O–H groups in total. The van der Waals surface area contributed by atoms with Gasteiger partial charge in [0.15, 0.2) is 6.61 Å². The third-order valence-corrected chi connectivity index (χ3v) is 1.07. The summed E-state index contributed by atoms with van der Waals surface area (Å²) in [5.41, 5.74) is -0.879. The van der Waals surface area contributed by atoms with Crippen LogP contribution in [0.1, 0.15) is 20.8 Å². The Hall–Kier alpha value is -1.40. The number of alkyl halides is 2. The first-order valence-corrected chi connectivity index (χ1v) is 4.01. The van der Waals surface area contributed by atoms with Crippen LogP contribution >= 0.6 is 0 Å². The Morgan fingerprint density at radius 3 is 2.07 bits per heavy atom. The Morgan fingerprint density at radius 2 is 1.73 bits per heavy atom. The fourth-order valence-electron chi connectivity index (χ4n) is 0.491. The van der Waals surface area contributed by atoms with Crippen molar-refractivity contribution < 1.29 is 33.0 Å². The molecule has 0 bridgehead atoms. The molecule has 0 amide bonds. The lowest BCUT2D eigenvalue weighted by atomic mass is 10.2. The first-order chi connectivity index (χ1) is 6.54. The Morgan fingerprint density at radius 1 is 1.27 bits per heavy atom. The Balaban J connectivity index is 4.07. The molecule has 5 nitrogen and oxygen atoms in total. The summed E-state index contributed by atoms with van der Waals surface area (Å²) in [4.78, 5) is 20.7. The van der Waals surface area contributed by atoms with Gasteiger partial charge in [0, 0.05) is 0 Å². The van der Waals surface area contributed by atoms with Crippen LogP contribution in [0.4, 0.5) is 13.6 Å². The number of carboxylic acids is 1. The second-order valence-electron chi connectivity index (χ2n) is 3.76. The summed E-state index contributed by atoms with van der Waals surface area (Å²) in [5.74, 6) is -6.46. The van der Waals surface area contributed by atoms with Crippen molar-refractivity contribution in [2.24, 2.45) is 0 Å². The molecule has 0 spiro atoms. The van der Waals surface area contributed by atoms with Crippen molar-refractivity contribution in [3.63, 3.8) is 0 Å². The van der Waals surface area contributed by atoms with Crippen LogP contribution in [-0.2, 0) is 14.3 Å². The molecule has 0 unspecified atom stereocenters. The number of ether oxygens (including phenoxy) is 2. The zero-order valence-corrected chi connectivity index (χ0v) is 8.54. The van der Waals surface area contributed by atoms with Crippen LogP contribution in [-0.4, -0.2) is 35.4 Å². The van der Waals surface area contributed by atoms with E-state index in [4.69, 9.17) is 5.11 Å². The van der Waals surface area contributed by atoms with Crippen LogP contribution in [0.2, 0.25) is 0 Å². The van der Waals surface area contributed by atoms with E-state index in [1.54, 1.807) is 0 Å². The van der Waals surface area contributed by atoms with Crippen molar-refractivity contribution >= 4 is 12.1 Å². The topological polar surface area (TPSA) is 72.8 Å². The van der Waals surface area contributed by atoms with Gasteiger partial charge in [0.25, 0.3) is 0 Å². The first-order valence-electron chi connectivity index (χ1n) is 4.01. The van der Waals surface area contributed by atoms with Crippen molar-refractivity contribution in [3.8, 4) is 0 Å². The largest absolute Gasteiger partial charge is 0.509 e. The molecule has 0 aliphatic heterocycles. The molecule has 0 aliphatic rings. The van der Waals surface area contributed by atoms with Crippen LogP contribution in [0.15, 0.2) is 0 Å². The van der Waals surface area contributed by atoms with Crippen molar-refractivity contribution in [3.05, 3.63) is 0 Å². The van der Waals surface area contributed by atoms with Gasteiger partial charge in [0.1, 0.15) is 5.60 Å². The number of halogens is 2. The van der Waals surface area contributed by atoms with Gasteiger partial charge in [-0.25, -0.2) is 9.59 Å². The minimum absolute atomic E-state index is 0.879. The second kappa shape index (κ2) is 4.41. The molecule has 0 aromatic rings. The minimum atomic E-state index is -4.10. The number of rotatable bonds is 3. The second-order valence-corrected chi connectivity index (χ2v) is 3.76. The highest BCUT2D eigenvalue weighted by Gasteiger charge is 2.41. The summed E-state index contributed by atoms with van der Waals surface area (Å²) in [5, 5.41) is 8.00. The zero-order chi connectivity index (χ0) is 12.3. The number of aliphatic carboxylic acids is 1. The average molecular weight is 226 g/mol. The van der Waals surface area contributed by atoms with Crippen molar-refractivity contribution in [2.45, 2.75) is 32.3 Å². The molecule has 0 saturated heterocycles. The molecule has 0 aromatic heterocycles. The maximum atomic E-state index is 12.4. The molecule has 7 heteroatoms. The van der Waals surface area contributed by atoms with Gasteiger partial charge in [0.05, 0.1) is 0 Å². The molecule has 0 aliphatic carbocycles. The molecule has 15 heavy (non-hydrogen) atoms. The quantitative estimate of drug-likeness (QED) is 0.741. The van der Waals surface area contributed by atoms with Crippen LogP contribution in [0.25, 0.3) is 0 Å². The van der Waals surface area contributed by atoms with Gasteiger partial charge < -0.3 is 14.6 Å². The van der Waals surface area contributed by atoms with Crippen LogP contribution in [0, 0.1) is 0 Å². The molecule has 0 fully saturated rings. The predicted molar refractivity (Wildman–Crippen MR) is 44.8 cm³/mol. The van der Waals surface area contributed by atoms with Crippen LogP contribution in [0.5, 0.6) is 0 Å². The normalized spacial score (nSPS) is 12.1. The summed E-state index contributed by atoms with van der Waals surface area (Å²) in [6.07, 6.45) is -1.33. The minimum Gasteiger partial charge on any atom is -0.477 e. The maximum Gasteiger partial charge on any atom is 0.509 e. The molecular weight excluding hydrogens is 214 g/mol. The van der Waals surface area contributed by atoms with E-state index in [0.29, 0.717) is 0 Å². The van der Waals surface area contributed by atoms with Gasteiger partial charge in [-0.3, -0.25) is 0 Å². The van der Waals surface area contributed by atoms with E-state index in [-0.39, 0.29) is 0 Å². The Bertz CT molecular complexity index is 256. The monoisotopic (exact) mass is 226 g/mol. The van der Waals surface area contributed by atoms with Crippen LogP contribution < -0.4 is 0 Å². The van der Waals surface area contributed by atoms with Gasteiger partial charge >= 0.3 is 18.0 Å². The van der Waals surface area contributed by atoms with Gasteiger partial charge in [-0.15, -0.1) is 0 Å². The van der Waals surface area contributed by atoms with E-state index in [1.807, 2.05) is 0 Å². The third kappa shape index (κ3) is 5.82. The number of hydrogen-bond acceptors (Lipinski definition) is 4. The number of carbonyl (C=O) groups is 2. The maximum absolute atomic E-state index is 12.4. The highest BCUT2D eigenvalue weighted by Crippen LogP contribution is 2.15. The summed E-state index contributed by atoms with van der Waals surface area (Å²) < 4.78 is 33.3. The Kier molecular flexibility index (Phi) is 4.00. The predicted octanol–water partition coefficient (Wildman–Crippen LogP) is 1.66. The van der Waals surface area contributed by atoms with Crippen molar-refractivity contribution in [1.29, 1.82) is 0 Å². The highest BCUT2D eigenvalue weighted by molar-refractivity contribution is 5.75. The lowest BCUT2D eigenvalue weighted by Gasteiger charge is -2.19. The van der Waals surface area contributed by atoms with E-state index in [0.717, 1.165) is 0 Å². The van der Waals surface area contributed by atoms with E-state index >= 15 is 0 Å². The number of carboxylic acid groups (broad SMARTS) is 1. The van der Waals surface area contributed by atoms with Gasteiger partial charge in [-0.1, -0.05) is 0 Å². The lowest BCUT2D eigenvalue weighted by molar-refractivity contribution is -0.171. The molecule has 0 radical (unpaired) electrons. The molecule has 0 aromatic carbocycles. The van der Waals surface area contributed by atoms with Crippen molar-refractivity contribution in [2.75, 3.05) is 6.61 Å². The molecule has 0 atom stereocenters. The molecule has 0 saturated carbocycles. The Labute approximate surface area is 85.0 Å². The van der Waals surface area contributed by atoms with Crippen LogP contribution in [0.3, 0.4) is 0 Å².